The van der Waals surface area contributed by atoms with E-state index in [1.54, 1.807) is 0 Å². The van der Waals surface area contributed by atoms with Crippen LogP contribution in [0.25, 0.3) is 0 Å². The minimum absolute atomic E-state index is 0.383. The van der Waals surface area contributed by atoms with E-state index in [0.29, 0.717) is 4.99 Å². The average Bonchev–Trinajstić information content (AvgIpc) is 2.31. The number of pyridine rings is 1. The van der Waals surface area contributed by atoms with E-state index >= 15 is 0 Å². The summed E-state index contributed by atoms with van der Waals surface area (Å²) in [6, 6.07) is 11.8. The van der Waals surface area contributed by atoms with Gasteiger partial charge in [0.1, 0.15) is 10.8 Å². The highest BCUT2D eigenvalue weighted by Gasteiger charge is 2.04. The second-order valence-corrected chi connectivity index (χ2v) is 4.63. The van der Waals surface area contributed by atoms with Gasteiger partial charge in [-0.2, -0.15) is 0 Å². The van der Waals surface area contributed by atoms with E-state index in [0.717, 1.165) is 28.3 Å². The van der Waals surface area contributed by atoms with Crippen LogP contribution in [0.4, 0.5) is 11.5 Å². The minimum Gasteiger partial charge on any atom is -0.389 e. The Hall–Kier alpha value is -1.94. The molecule has 1 heterocycles. The van der Waals surface area contributed by atoms with Crippen LogP contribution in [0, 0.1) is 13.8 Å². The summed E-state index contributed by atoms with van der Waals surface area (Å²) in [7, 11) is 0. The molecule has 4 heteroatoms. The number of para-hydroxylation sites is 1. The van der Waals surface area contributed by atoms with Crippen LogP contribution in [0.2, 0.25) is 0 Å². The molecule has 92 valence electrons. The second kappa shape index (κ2) is 5.14. The van der Waals surface area contributed by atoms with E-state index in [-0.39, 0.29) is 0 Å². The largest absolute Gasteiger partial charge is 0.389 e. The molecule has 2 rings (SSSR count). The standard InChI is InChI=1S/C14H15N3S/c1-9-5-3-4-6-12(9)17-13-8-11(14(15)18)7-10(2)16-13/h3-8H,1-2H3,(H2,15,18)(H,16,17). The summed E-state index contributed by atoms with van der Waals surface area (Å²) in [5.74, 6) is 0.757. The Balaban J connectivity index is 2.35. The summed E-state index contributed by atoms with van der Waals surface area (Å²) < 4.78 is 0. The second-order valence-electron chi connectivity index (χ2n) is 4.19. The monoisotopic (exact) mass is 257 g/mol. The zero-order valence-corrected chi connectivity index (χ0v) is 11.2. The lowest BCUT2D eigenvalue weighted by atomic mass is 10.2. The number of nitrogens with two attached hydrogens (primary N) is 1. The average molecular weight is 257 g/mol. The van der Waals surface area contributed by atoms with Crippen LogP contribution >= 0.6 is 12.2 Å². The molecule has 0 fully saturated rings. The van der Waals surface area contributed by atoms with Crippen LogP contribution in [0.15, 0.2) is 36.4 Å². The molecule has 0 amide bonds. The molecule has 0 aliphatic heterocycles. The fourth-order valence-electron chi connectivity index (χ4n) is 1.73. The number of aryl methyl sites for hydroxylation is 2. The van der Waals surface area contributed by atoms with Gasteiger partial charge in [-0.3, -0.25) is 0 Å². The van der Waals surface area contributed by atoms with Gasteiger partial charge in [0.2, 0.25) is 0 Å². The number of hydrogen-bond acceptors (Lipinski definition) is 3. The molecule has 3 nitrogen and oxygen atoms in total. The van der Waals surface area contributed by atoms with E-state index in [9.17, 15) is 0 Å². The Bertz CT molecular complexity index is 593. The Labute approximate surface area is 112 Å². The van der Waals surface area contributed by atoms with E-state index in [4.69, 9.17) is 18.0 Å². The van der Waals surface area contributed by atoms with Gasteiger partial charge < -0.3 is 11.1 Å². The van der Waals surface area contributed by atoms with Gasteiger partial charge in [-0.1, -0.05) is 30.4 Å². The fraction of sp³-hybridized carbons (Fsp3) is 0.143. The lowest BCUT2D eigenvalue weighted by Gasteiger charge is -2.10. The summed E-state index contributed by atoms with van der Waals surface area (Å²) in [4.78, 5) is 4.81. The van der Waals surface area contributed by atoms with Crippen molar-refractivity contribution in [3.63, 3.8) is 0 Å². The Kier molecular flexibility index (Phi) is 3.58. The molecular formula is C14H15N3S. The molecule has 0 atom stereocenters. The molecule has 0 unspecified atom stereocenters. The fourth-order valence-corrected chi connectivity index (χ4v) is 1.84. The molecule has 0 spiro atoms. The maximum atomic E-state index is 5.65. The van der Waals surface area contributed by atoms with E-state index < -0.39 is 0 Å². The van der Waals surface area contributed by atoms with Gasteiger partial charge >= 0.3 is 0 Å². The number of thiocarbonyl (C=S) groups is 1. The SMILES string of the molecule is Cc1cc(C(N)=S)cc(Nc2ccccc2C)n1. The summed E-state index contributed by atoms with van der Waals surface area (Å²) in [6.45, 7) is 3.97. The number of nitrogens with zero attached hydrogens (tertiary/aromatic N) is 1. The molecule has 3 N–H and O–H groups in total. The Morgan fingerprint density at radius 1 is 1.22 bits per heavy atom. The van der Waals surface area contributed by atoms with Crippen LogP contribution in [0.5, 0.6) is 0 Å². The smallest absolute Gasteiger partial charge is 0.131 e. The molecule has 0 aliphatic carbocycles. The summed E-state index contributed by atoms with van der Waals surface area (Å²) in [5.41, 5.74) is 9.56. The molecule has 0 radical (unpaired) electrons. The maximum Gasteiger partial charge on any atom is 0.131 e. The zero-order chi connectivity index (χ0) is 13.1. The number of hydrogen-bond donors (Lipinski definition) is 2. The summed E-state index contributed by atoms with van der Waals surface area (Å²) >= 11 is 4.99. The van der Waals surface area contributed by atoms with Crippen LogP contribution in [0.3, 0.4) is 0 Å². The third kappa shape index (κ3) is 2.84. The van der Waals surface area contributed by atoms with Crippen molar-refractivity contribution in [1.29, 1.82) is 0 Å². The van der Waals surface area contributed by atoms with Crippen LogP contribution in [-0.4, -0.2) is 9.97 Å². The van der Waals surface area contributed by atoms with E-state index in [2.05, 4.69) is 10.3 Å². The predicted molar refractivity (Wildman–Crippen MR) is 79.3 cm³/mol. The van der Waals surface area contributed by atoms with Crippen molar-refractivity contribution < 1.29 is 0 Å². The molecule has 0 bridgehead atoms. The number of aromatic nitrogens is 1. The summed E-state index contributed by atoms with van der Waals surface area (Å²) in [6.07, 6.45) is 0. The van der Waals surface area contributed by atoms with Crippen molar-refractivity contribution in [3.8, 4) is 0 Å². The van der Waals surface area contributed by atoms with Gasteiger partial charge in [-0.15, -0.1) is 0 Å². The van der Waals surface area contributed by atoms with E-state index in [1.807, 2.05) is 50.2 Å². The zero-order valence-electron chi connectivity index (χ0n) is 10.4. The topological polar surface area (TPSA) is 50.9 Å². The normalized spacial score (nSPS) is 10.1. The van der Waals surface area contributed by atoms with Crippen molar-refractivity contribution in [1.82, 2.24) is 4.98 Å². The first-order valence-electron chi connectivity index (χ1n) is 5.67. The first-order chi connectivity index (χ1) is 8.56. The quantitative estimate of drug-likeness (QED) is 0.830. The van der Waals surface area contributed by atoms with Gasteiger partial charge in [-0.05, 0) is 37.6 Å². The van der Waals surface area contributed by atoms with Crippen molar-refractivity contribution in [2.24, 2.45) is 5.73 Å². The van der Waals surface area contributed by atoms with Crippen LogP contribution < -0.4 is 11.1 Å². The first-order valence-corrected chi connectivity index (χ1v) is 6.08. The van der Waals surface area contributed by atoms with Crippen LogP contribution in [-0.2, 0) is 0 Å². The molecule has 0 saturated carbocycles. The molecule has 1 aromatic carbocycles. The number of benzene rings is 1. The lowest BCUT2D eigenvalue weighted by molar-refractivity contribution is 1.19. The van der Waals surface area contributed by atoms with Crippen LogP contribution in [0.1, 0.15) is 16.8 Å². The lowest BCUT2D eigenvalue weighted by Crippen LogP contribution is -2.10. The molecule has 1 aromatic heterocycles. The van der Waals surface area contributed by atoms with Gasteiger partial charge in [0, 0.05) is 16.9 Å². The number of nitrogens with one attached hydrogen (secondary N) is 1. The van der Waals surface area contributed by atoms with Gasteiger partial charge in [0.15, 0.2) is 0 Å². The summed E-state index contributed by atoms with van der Waals surface area (Å²) in [5, 5.41) is 3.28. The van der Waals surface area contributed by atoms with Gasteiger partial charge in [-0.25, -0.2) is 4.98 Å². The van der Waals surface area contributed by atoms with Crippen molar-refractivity contribution in [3.05, 3.63) is 53.2 Å². The highest BCUT2D eigenvalue weighted by atomic mass is 32.1. The molecule has 0 saturated heterocycles. The molecule has 0 aliphatic rings. The van der Waals surface area contributed by atoms with Crippen molar-refractivity contribution in [2.75, 3.05) is 5.32 Å². The molecule has 2 aromatic rings. The minimum atomic E-state index is 0.383. The molecule has 18 heavy (non-hydrogen) atoms. The number of anilines is 2. The first kappa shape index (κ1) is 12.5. The Morgan fingerprint density at radius 3 is 2.61 bits per heavy atom. The Morgan fingerprint density at radius 2 is 1.94 bits per heavy atom. The highest BCUT2D eigenvalue weighted by Crippen LogP contribution is 2.19. The maximum absolute atomic E-state index is 5.65. The van der Waals surface area contributed by atoms with Gasteiger partial charge in [0.05, 0.1) is 0 Å². The third-order valence-electron chi connectivity index (χ3n) is 2.65. The van der Waals surface area contributed by atoms with Crippen molar-refractivity contribution in [2.45, 2.75) is 13.8 Å². The molecular weight excluding hydrogens is 242 g/mol. The third-order valence-corrected chi connectivity index (χ3v) is 2.88. The van der Waals surface area contributed by atoms with E-state index in [1.165, 1.54) is 0 Å². The highest BCUT2D eigenvalue weighted by molar-refractivity contribution is 7.80. The number of rotatable bonds is 3. The van der Waals surface area contributed by atoms with Gasteiger partial charge in [0.25, 0.3) is 0 Å². The predicted octanol–water partition coefficient (Wildman–Crippen LogP) is 3.08. The van der Waals surface area contributed by atoms with Crippen molar-refractivity contribution >= 4 is 28.7 Å².